The molecule has 0 aliphatic carbocycles. The van der Waals surface area contributed by atoms with E-state index in [2.05, 4.69) is 47.6 Å². The smallest absolute Gasteiger partial charge is 0.0848 e. The molecule has 7 rings (SSSR count). The fourth-order valence-corrected chi connectivity index (χ4v) is 4.64. The summed E-state index contributed by atoms with van der Waals surface area (Å²) in [5, 5.41) is 11.2. The van der Waals surface area contributed by atoms with Gasteiger partial charge in [0, 0.05) is 43.9 Å². The van der Waals surface area contributed by atoms with Gasteiger partial charge in [0.05, 0.1) is 17.7 Å². The number of anilines is 2. The van der Waals surface area contributed by atoms with E-state index in [1.807, 2.05) is 119 Å². The van der Waals surface area contributed by atoms with E-state index in [4.69, 9.17) is 9.84 Å². The number of benzene rings is 5. The minimum absolute atomic E-state index is 0. The molecular weight excluding hydrogens is 701 g/mol. The van der Waals surface area contributed by atoms with E-state index in [-0.39, 0.29) is 21.1 Å². The topological polar surface area (TPSA) is 45.9 Å². The molecule has 0 saturated heterocycles. The van der Waals surface area contributed by atoms with Gasteiger partial charge in [-0.2, -0.15) is 11.2 Å². The van der Waals surface area contributed by atoms with Gasteiger partial charge in [-0.1, -0.05) is 84.6 Å². The minimum Gasteiger partial charge on any atom is -0.503 e. The van der Waals surface area contributed by atoms with Crippen molar-refractivity contribution in [2.75, 3.05) is 9.91 Å². The summed E-state index contributed by atoms with van der Waals surface area (Å²) in [5.74, 6) is 1.14. The van der Waals surface area contributed by atoms with Gasteiger partial charge < -0.3 is 14.6 Å². The summed E-state index contributed by atoms with van der Waals surface area (Å²) < 4.78 is 8.17. The van der Waals surface area contributed by atoms with E-state index in [0.29, 0.717) is 11.5 Å². The van der Waals surface area contributed by atoms with Gasteiger partial charge in [0.1, 0.15) is 0 Å². The van der Waals surface area contributed by atoms with E-state index >= 15 is 0 Å². The van der Waals surface area contributed by atoms with Gasteiger partial charge in [-0.05, 0) is 29.8 Å². The molecule has 42 heavy (non-hydrogen) atoms. The average molecular weight is 726 g/mol. The Hall–Kier alpha value is -4.93. The summed E-state index contributed by atoms with van der Waals surface area (Å²) >= 11 is 0. The molecule has 1 aliphatic heterocycles. The van der Waals surface area contributed by atoms with Crippen molar-refractivity contribution < 1.29 is 25.8 Å². The summed E-state index contributed by atoms with van der Waals surface area (Å²) in [6.45, 7) is 1.91. The molecule has 0 amide bonds. The maximum Gasteiger partial charge on any atom is 0.0848 e. The molecule has 0 radical (unpaired) electrons. The molecule has 0 bridgehead atoms. The molecule has 7 heteroatoms. The van der Waals surface area contributed by atoms with Gasteiger partial charge >= 0.3 is 0 Å². The van der Waals surface area contributed by atoms with Crippen LogP contribution in [-0.4, -0.2) is 16.1 Å². The van der Waals surface area contributed by atoms with Crippen LogP contribution in [0, 0.1) is 18.8 Å². The van der Waals surface area contributed by atoms with Crippen LogP contribution in [0.1, 0.15) is 0 Å². The predicted octanol–water partition coefficient (Wildman–Crippen LogP) is 7.99. The Morgan fingerprint density at radius 3 is 2.02 bits per heavy atom. The molecule has 208 valence electrons. The van der Waals surface area contributed by atoms with Crippen molar-refractivity contribution in [1.29, 1.82) is 0 Å². The van der Waals surface area contributed by atoms with Gasteiger partial charge in [-0.3, -0.25) is 0 Å². The third kappa shape index (κ3) is 5.76. The van der Waals surface area contributed by atoms with E-state index in [1.165, 1.54) is 0 Å². The van der Waals surface area contributed by atoms with Gasteiger partial charge in [-0.25, -0.2) is 9.78 Å². The molecule has 1 aliphatic rings. The quantitative estimate of drug-likeness (QED) is 0.157. The summed E-state index contributed by atoms with van der Waals surface area (Å²) in [6, 6.07) is 50.8. The number of hydrogen-bond acceptors (Lipinski definition) is 5. The number of nitrogens with zero attached hydrogens (tertiary/aromatic N) is 5. The Balaban J connectivity index is 0.00000316. The SMILES string of the molecule is [Pt].[c-]1c(Oc2[c-]c(N3[CH-]N(c4ccccc4)C=N3)ccc2)cccc1-c1cc(-c2ccccc2)n(-c2ccccc2)n1. The molecule has 1 aromatic heterocycles. The Bertz CT molecular complexity index is 1750. The summed E-state index contributed by atoms with van der Waals surface area (Å²) in [5.41, 5.74) is 6.51. The maximum atomic E-state index is 6.21. The van der Waals surface area contributed by atoms with Crippen LogP contribution in [0.3, 0.4) is 0 Å². The zero-order valence-electron chi connectivity index (χ0n) is 22.3. The van der Waals surface area contributed by atoms with E-state index in [1.54, 1.807) is 11.3 Å². The number of ether oxygens (including phenoxy) is 1. The number of para-hydroxylation sites is 2. The van der Waals surface area contributed by atoms with Crippen LogP contribution in [0.25, 0.3) is 28.2 Å². The van der Waals surface area contributed by atoms with Crippen LogP contribution in [0.5, 0.6) is 11.5 Å². The second kappa shape index (κ2) is 12.3. The first-order chi connectivity index (χ1) is 20.3. The second-order valence-corrected chi connectivity index (χ2v) is 9.39. The zero-order valence-corrected chi connectivity index (χ0v) is 24.6. The standard InChI is InChI=1S/C35H24N5O.Pt/c1-4-12-27(13-5-1)35-24-34(37-40(35)30-17-8-3-9-18-30)28-14-10-20-32(22-28)41-33-21-11-19-31(23-33)39-26-38(25-36-39)29-15-6-2-7-16-29;/h1-21,24-26H;/q-3;. The molecule has 0 unspecified atom stereocenters. The summed E-state index contributed by atoms with van der Waals surface area (Å²) in [7, 11) is 0. The average Bonchev–Trinajstić information content (AvgIpc) is 3.72. The Morgan fingerprint density at radius 2 is 1.29 bits per heavy atom. The molecule has 0 spiro atoms. The minimum atomic E-state index is 0. The van der Waals surface area contributed by atoms with Crippen molar-refractivity contribution in [3.05, 3.63) is 152 Å². The summed E-state index contributed by atoms with van der Waals surface area (Å²) in [4.78, 5) is 1.96. The first kappa shape index (κ1) is 27.2. The second-order valence-electron chi connectivity index (χ2n) is 9.39. The molecule has 0 fully saturated rings. The molecular formula is C35H24N5OPt-3. The molecule has 6 aromatic rings. The van der Waals surface area contributed by atoms with Crippen molar-refractivity contribution >= 4 is 17.7 Å². The first-order valence-electron chi connectivity index (χ1n) is 13.3. The van der Waals surface area contributed by atoms with Crippen LogP contribution in [-0.2, 0) is 21.1 Å². The monoisotopic (exact) mass is 725 g/mol. The van der Waals surface area contributed by atoms with E-state index in [9.17, 15) is 0 Å². The molecule has 0 saturated carbocycles. The largest absolute Gasteiger partial charge is 0.503 e. The van der Waals surface area contributed by atoms with E-state index in [0.717, 1.165) is 39.6 Å². The Morgan fingerprint density at radius 1 is 0.643 bits per heavy atom. The van der Waals surface area contributed by atoms with Crippen LogP contribution in [0.2, 0.25) is 0 Å². The van der Waals surface area contributed by atoms with Crippen molar-refractivity contribution in [3.8, 4) is 39.7 Å². The number of hydrogen-bond donors (Lipinski definition) is 0. The molecule has 0 N–H and O–H groups in total. The number of aromatic nitrogens is 2. The van der Waals surface area contributed by atoms with Crippen LogP contribution >= 0.6 is 0 Å². The van der Waals surface area contributed by atoms with Crippen LogP contribution in [0.4, 0.5) is 11.4 Å². The third-order valence-corrected chi connectivity index (χ3v) is 6.63. The number of hydrazone groups is 1. The predicted molar refractivity (Wildman–Crippen MR) is 163 cm³/mol. The van der Waals surface area contributed by atoms with Gasteiger partial charge in [-0.15, -0.1) is 48.6 Å². The number of rotatable bonds is 7. The molecule has 2 heterocycles. The van der Waals surface area contributed by atoms with Crippen molar-refractivity contribution in [3.63, 3.8) is 0 Å². The van der Waals surface area contributed by atoms with Gasteiger partial charge in [0.2, 0.25) is 0 Å². The van der Waals surface area contributed by atoms with Gasteiger partial charge in [0.15, 0.2) is 0 Å². The fourth-order valence-electron chi connectivity index (χ4n) is 4.64. The molecule has 0 atom stereocenters. The van der Waals surface area contributed by atoms with E-state index < -0.39 is 0 Å². The van der Waals surface area contributed by atoms with Crippen LogP contribution in [0.15, 0.2) is 139 Å². The third-order valence-electron chi connectivity index (χ3n) is 6.63. The Labute approximate surface area is 259 Å². The van der Waals surface area contributed by atoms with Crippen LogP contribution < -0.4 is 14.6 Å². The fraction of sp³-hybridized carbons (Fsp3) is 0. The first-order valence-corrected chi connectivity index (χ1v) is 13.3. The normalized spacial score (nSPS) is 12.3. The molecule has 5 aromatic carbocycles. The maximum absolute atomic E-state index is 6.21. The molecule has 6 nitrogen and oxygen atoms in total. The van der Waals surface area contributed by atoms with Crippen molar-refractivity contribution in [2.45, 2.75) is 0 Å². The Kier molecular flexibility index (Phi) is 7.98. The zero-order chi connectivity index (χ0) is 27.4. The van der Waals surface area contributed by atoms with Crippen molar-refractivity contribution in [1.82, 2.24) is 9.78 Å². The summed E-state index contributed by atoms with van der Waals surface area (Å²) in [6.07, 6.45) is 1.77. The van der Waals surface area contributed by atoms with Gasteiger partial charge in [0.25, 0.3) is 0 Å². The van der Waals surface area contributed by atoms with Crippen molar-refractivity contribution in [2.24, 2.45) is 5.10 Å².